The first-order chi connectivity index (χ1) is 8.13. The van der Waals surface area contributed by atoms with Crippen molar-refractivity contribution >= 4 is 5.69 Å². The predicted molar refractivity (Wildman–Crippen MR) is 64.7 cm³/mol. The molecule has 1 heterocycles. The number of aromatic nitrogens is 2. The lowest BCUT2D eigenvalue weighted by molar-refractivity contribution is 0.214. The van der Waals surface area contributed by atoms with Gasteiger partial charge in [-0.25, -0.2) is 0 Å². The highest BCUT2D eigenvalue weighted by molar-refractivity contribution is 5.60. The SMILES string of the molecule is COc1cccc(C(O)c2ccn(C)n2)c1N. The number of rotatable bonds is 3. The summed E-state index contributed by atoms with van der Waals surface area (Å²) < 4.78 is 6.75. The van der Waals surface area contributed by atoms with Crippen molar-refractivity contribution in [2.24, 2.45) is 7.05 Å². The zero-order valence-corrected chi connectivity index (χ0v) is 9.79. The first-order valence-electron chi connectivity index (χ1n) is 5.23. The average Bonchev–Trinajstić information content (AvgIpc) is 2.75. The number of nitrogens with two attached hydrogens (primary N) is 1. The number of aliphatic hydroxyl groups is 1. The monoisotopic (exact) mass is 233 g/mol. The van der Waals surface area contributed by atoms with Gasteiger partial charge in [-0.3, -0.25) is 4.68 Å². The van der Waals surface area contributed by atoms with Crippen LogP contribution >= 0.6 is 0 Å². The van der Waals surface area contributed by atoms with Gasteiger partial charge in [-0.1, -0.05) is 12.1 Å². The van der Waals surface area contributed by atoms with E-state index in [-0.39, 0.29) is 0 Å². The Labute approximate surface area is 99.4 Å². The van der Waals surface area contributed by atoms with Crippen LogP contribution in [0.15, 0.2) is 30.5 Å². The first kappa shape index (κ1) is 11.5. The van der Waals surface area contributed by atoms with Crippen molar-refractivity contribution in [2.45, 2.75) is 6.10 Å². The molecule has 3 N–H and O–H groups in total. The van der Waals surface area contributed by atoms with Gasteiger partial charge in [0.05, 0.1) is 18.5 Å². The van der Waals surface area contributed by atoms with Crippen LogP contribution in [0.3, 0.4) is 0 Å². The van der Waals surface area contributed by atoms with Crippen LogP contribution in [0.2, 0.25) is 0 Å². The average molecular weight is 233 g/mol. The van der Waals surface area contributed by atoms with E-state index in [1.165, 1.54) is 0 Å². The molecule has 1 unspecified atom stereocenters. The van der Waals surface area contributed by atoms with Gasteiger partial charge in [0.1, 0.15) is 11.9 Å². The largest absolute Gasteiger partial charge is 0.495 e. The smallest absolute Gasteiger partial charge is 0.142 e. The molecule has 0 aliphatic heterocycles. The third-order valence-electron chi connectivity index (χ3n) is 2.63. The van der Waals surface area contributed by atoms with Crippen molar-refractivity contribution in [1.29, 1.82) is 0 Å². The highest BCUT2D eigenvalue weighted by atomic mass is 16.5. The summed E-state index contributed by atoms with van der Waals surface area (Å²) in [5.41, 5.74) is 7.52. The van der Waals surface area contributed by atoms with Crippen LogP contribution in [0.4, 0.5) is 5.69 Å². The molecule has 2 aromatic rings. The zero-order valence-electron chi connectivity index (χ0n) is 9.79. The highest BCUT2D eigenvalue weighted by Crippen LogP contribution is 2.31. The van der Waals surface area contributed by atoms with Crippen molar-refractivity contribution in [3.8, 4) is 5.75 Å². The van der Waals surface area contributed by atoms with Crippen molar-refractivity contribution in [2.75, 3.05) is 12.8 Å². The van der Waals surface area contributed by atoms with E-state index in [2.05, 4.69) is 5.10 Å². The fraction of sp³-hybridized carbons (Fsp3) is 0.250. The van der Waals surface area contributed by atoms with Gasteiger partial charge in [0.25, 0.3) is 0 Å². The molecule has 0 aliphatic rings. The lowest BCUT2D eigenvalue weighted by Crippen LogP contribution is -2.06. The van der Waals surface area contributed by atoms with E-state index in [0.29, 0.717) is 22.7 Å². The molecular weight excluding hydrogens is 218 g/mol. The van der Waals surface area contributed by atoms with Gasteiger partial charge < -0.3 is 15.6 Å². The van der Waals surface area contributed by atoms with Crippen LogP contribution < -0.4 is 10.5 Å². The van der Waals surface area contributed by atoms with Crippen LogP contribution in [-0.2, 0) is 7.05 Å². The minimum Gasteiger partial charge on any atom is -0.495 e. The third kappa shape index (κ3) is 2.09. The summed E-state index contributed by atoms with van der Waals surface area (Å²) in [6.07, 6.45) is 0.931. The van der Waals surface area contributed by atoms with Crippen molar-refractivity contribution in [1.82, 2.24) is 9.78 Å². The summed E-state index contributed by atoms with van der Waals surface area (Å²) in [5, 5.41) is 14.3. The normalized spacial score (nSPS) is 12.4. The van der Waals surface area contributed by atoms with Gasteiger partial charge in [0.2, 0.25) is 0 Å². The molecule has 5 nitrogen and oxygen atoms in total. The van der Waals surface area contributed by atoms with E-state index in [1.807, 2.05) is 0 Å². The second-order valence-corrected chi connectivity index (χ2v) is 3.78. The number of ether oxygens (including phenoxy) is 1. The molecule has 5 heteroatoms. The predicted octanol–water partition coefficient (Wildman–Crippen LogP) is 1.09. The number of para-hydroxylation sites is 1. The molecule has 0 saturated heterocycles. The van der Waals surface area contributed by atoms with Crippen molar-refractivity contribution in [3.05, 3.63) is 41.7 Å². The van der Waals surface area contributed by atoms with E-state index in [9.17, 15) is 5.11 Å². The Hall–Kier alpha value is -2.01. The Balaban J connectivity index is 2.40. The maximum atomic E-state index is 10.2. The Morgan fingerprint density at radius 2 is 2.18 bits per heavy atom. The molecule has 0 fully saturated rings. The van der Waals surface area contributed by atoms with E-state index in [4.69, 9.17) is 10.5 Å². The van der Waals surface area contributed by atoms with Crippen molar-refractivity contribution < 1.29 is 9.84 Å². The maximum absolute atomic E-state index is 10.2. The summed E-state index contributed by atoms with van der Waals surface area (Å²) in [5.74, 6) is 0.553. The summed E-state index contributed by atoms with van der Waals surface area (Å²) in [7, 11) is 3.34. The molecule has 0 spiro atoms. The minimum absolute atomic E-state index is 0.438. The number of methoxy groups -OCH3 is 1. The first-order valence-corrected chi connectivity index (χ1v) is 5.23. The fourth-order valence-corrected chi connectivity index (χ4v) is 1.72. The van der Waals surface area contributed by atoms with Gasteiger partial charge in [-0.15, -0.1) is 0 Å². The van der Waals surface area contributed by atoms with Crippen LogP contribution in [-0.4, -0.2) is 22.0 Å². The number of nitrogens with zero attached hydrogens (tertiary/aromatic N) is 2. The summed E-state index contributed by atoms with van der Waals surface area (Å²) in [4.78, 5) is 0. The van der Waals surface area contributed by atoms with Crippen molar-refractivity contribution in [3.63, 3.8) is 0 Å². The topological polar surface area (TPSA) is 73.3 Å². The number of aliphatic hydroxyl groups excluding tert-OH is 1. The van der Waals surface area contributed by atoms with Gasteiger partial charge in [-0.2, -0.15) is 5.10 Å². The second-order valence-electron chi connectivity index (χ2n) is 3.78. The van der Waals surface area contributed by atoms with Crippen LogP contribution in [0.25, 0.3) is 0 Å². The molecule has 0 aliphatic carbocycles. The summed E-state index contributed by atoms with van der Waals surface area (Å²) in [6, 6.07) is 7.06. The lowest BCUT2D eigenvalue weighted by atomic mass is 10.0. The summed E-state index contributed by atoms with van der Waals surface area (Å²) in [6.45, 7) is 0. The van der Waals surface area contributed by atoms with Gasteiger partial charge in [-0.05, 0) is 12.1 Å². The summed E-state index contributed by atoms with van der Waals surface area (Å²) >= 11 is 0. The molecule has 2 rings (SSSR count). The molecule has 17 heavy (non-hydrogen) atoms. The Morgan fingerprint density at radius 1 is 1.41 bits per heavy atom. The van der Waals surface area contributed by atoms with Crippen LogP contribution in [0.1, 0.15) is 17.4 Å². The molecule has 0 bridgehead atoms. The van der Waals surface area contributed by atoms with Gasteiger partial charge in [0, 0.05) is 18.8 Å². The number of hydrogen-bond acceptors (Lipinski definition) is 4. The molecule has 0 amide bonds. The molecular formula is C12H15N3O2. The zero-order chi connectivity index (χ0) is 12.4. The minimum atomic E-state index is -0.841. The quantitative estimate of drug-likeness (QED) is 0.778. The number of aryl methyl sites for hydroxylation is 1. The van der Waals surface area contributed by atoms with E-state index < -0.39 is 6.10 Å². The molecule has 0 saturated carbocycles. The fourth-order valence-electron chi connectivity index (χ4n) is 1.72. The van der Waals surface area contributed by atoms with Gasteiger partial charge in [0.15, 0.2) is 0 Å². The standard InChI is InChI=1S/C12H15N3O2/c1-15-7-6-9(14-15)12(16)8-4-3-5-10(17-2)11(8)13/h3-7,12,16H,13H2,1-2H3. The molecule has 1 atom stereocenters. The third-order valence-corrected chi connectivity index (χ3v) is 2.63. The van der Waals surface area contributed by atoms with E-state index >= 15 is 0 Å². The van der Waals surface area contributed by atoms with E-state index in [0.717, 1.165) is 0 Å². The van der Waals surface area contributed by atoms with Gasteiger partial charge >= 0.3 is 0 Å². The Kier molecular flexibility index (Phi) is 3.01. The number of hydrogen-bond donors (Lipinski definition) is 2. The van der Waals surface area contributed by atoms with Crippen LogP contribution in [0.5, 0.6) is 5.75 Å². The number of benzene rings is 1. The Morgan fingerprint density at radius 3 is 2.76 bits per heavy atom. The number of nitrogen functional groups attached to an aromatic ring is 1. The van der Waals surface area contributed by atoms with E-state index in [1.54, 1.807) is 49.3 Å². The van der Waals surface area contributed by atoms with Crippen LogP contribution in [0, 0.1) is 0 Å². The lowest BCUT2D eigenvalue weighted by Gasteiger charge is -2.13. The maximum Gasteiger partial charge on any atom is 0.142 e. The molecule has 1 aromatic carbocycles. The second kappa shape index (κ2) is 4.47. The molecule has 1 aromatic heterocycles. The molecule has 90 valence electrons. The Bertz CT molecular complexity index is 522. The molecule has 0 radical (unpaired) electrons. The highest BCUT2D eigenvalue weighted by Gasteiger charge is 2.17. The number of anilines is 1.